The van der Waals surface area contributed by atoms with Gasteiger partial charge in [-0.1, -0.05) is 6.92 Å². The summed E-state index contributed by atoms with van der Waals surface area (Å²) < 4.78 is 0. The Hall–Kier alpha value is -0.610. The number of carbonyl (C=O) groups is 1. The van der Waals surface area contributed by atoms with E-state index in [0.29, 0.717) is 5.92 Å². The summed E-state index contributed by atoms with van der Waals surface area (Å²) in [5, 5.41) is 11.3. The van der Waals surface area contributed by atoms with Crippen molar-refractivity contribution in [2.24, 2.45) is 11.8 Å². The largest absolute Gasteiger partial charge is 0.316 e. The van der Waals surface area contributed by atoms with Gasteiger partial charge in [-0.25, -0.2) is 5.48 Å². The molecule has 0 spiro atoms. The van der Waals surface area contributed by atoms with E-state index in [9.17, 15) is 4.79 Å². The third-order valence-corrected chi connectivity index (χ3v) is 2.04. The topological polar surface area (TPSA) is 61.4 Å². The lowest BCUT2D eigenvalue weighted by Gasteiger charge is -2.31. The fourth-order valence-corrected chi connectivity index (χ4v) is 0.980. The van der Waals surface area contributed by atoms with Gasteiger partial charge in [0.1, 0.15) is 0 Å². The molecule has 1 saturated heterocycles. The highest BCUT2D eigenvalue weighted by Crippen LogP contribution is 2.15. The van der Waals surface area contributed by atoms with Gasteiger partial charge in [0, 0.05) is 5.92 Å². The lowest BCUT2D eigenvalue weighted by Crippen LogP contribution is -2.49. The van der Waals surface area contributed by atoms with Crippen molar-refractivity contribution >= 4 is 5.91 Å². The van der Waals surface area contributed by atoms with E-state index in [4.69, 9.17) is 5.21 Å². The predicted molar refractivity (Wildman–Crippen MR) is 35.5 cm³/mol. The predicted octanol–water partition coefficient (Wildman–Crippen LogP) is -0.653. The summed E-state index contributed by atoms with van der Waals surface area (Å²) in [6, 6.07) is 0. The highest BCUT2D eigenvalue weighted by atomic mass is 16.5. The number of carbonyl (C=O) groups excluding carboxylic acids is 1. The lowest BCUT2D eigenvalue weighted by molar-refractivity contribution is -0.135. The molecule has 1 unspecified atom stereocenters. The van der Waals surface area contributed by atoms with Gasteiger partial charge in [0.05, 0.1) is 0 Å². The molecule has 1 fully saturated rings. The van der Waals surface area contributed by atoms with Gasteiger partial charge in [-0.15, -0.1) is 0 Å². The van der Waals surface area contributed by atoms with Crippen LogP contribution in [0.5, 0.6) is 0 Å². The molecular formula is C6H12N2O2. The van der Waals surface area contributed by atoms with E-state index in [2.05, 4.69) is 5.32 Å². The number of nitrogens with one attached hydrogen (secondary N) is 2. The molecule has 1 amide bonds. The van der Waals surface area contributed by atoms with Gasteiger partial charge in [-0.2, -0.15) is 0 Å². The molecule has 3 N–H and O–H groups in total. The van der Waals surface area contributed by atoms with E-state index in [1.165, 1.54) is 0 Å². The van der Waals surface area contributed by atoms with Crippen LogP contribution in [-0.2, 0) is 4.79 Å². The van der Waals surface area contributed by atoms with Gasteiger partial charge in [0.2, 0.25) is 5.91 Å². The Morgan fingerprint density at radius 1 is 1.80 bits per heavy atom. The average Bonchev–Trinajstić information content (AvgIpc) is 1.82. The van der Waals surface area contributed by atoms with Crippen molar-refractivity contribution in [1.82, 2.24) is 10.8 Å². The molecule has 0 aromatic rings. The molecule has 1 aliphatic heterocycles. The first kappa shape index (κ1) is 7.50. The zero-order valence-corrected chi connectivity index (χ0v) is 5.92. The normalized spacial score (nSPS) is 21.4. The SMILES string of the molecule is CC(C(=O)NO)C1CNC1. The van der Waals surface area contributed by atoms with E-state index < -0.39 is 0 Å². The maximum Gasteiger partial charge on any atom is 0.246 e. The van der Waals surface area contributed by atoms with Crippen LogP contribution in [0, 0.1) is 11.8 Å². The van der Waals surface area contributed by atoms with Gasteiger partial charge in [-0.3, -0.25) is 10.0 Å². The summed E-state index contributed by atoms with van der Waals surface area (Å²) in [5.74, 6) is 0.0323. The summed E-state index contributed by atoms with van der Waals surface area (Å²) in [6.07, 6.45) is 0. The average molecular weight is 144 g/mol. The van der Waals surface area contributed by atoms with Crippen LogP contribution in [0.4, 0.5) is 0 Å². The summed E-state index contributed by atoms with van der Waals surface area (Å²) >= 11 is 0. The molecule has 1 aliphatic rings. The maximum absolute atomic E-state index is 10.8. The van der Waals surface area contributed by atoms with Crippen molar-refractivity contribution in [3.05, 3.63) is 0 Å². The molecular weight excluding hydrogens is 132 g/mol. The number of hydrogen-bond acceptors (Lipinski definition) is 3. The second-order valence-electron chi connectivity index (χ2n) is 2.68. The van der Waals surface area contributed by atoms with E-state index in [-0.39, 0.29) is 11.8 Å². The van der Waals surface area contributed by atoms with Crippen LogP contribution in [0.25, 0.3) is 0 Å². The number of hydrogen-bond donors (Lipinski definition) is 3. The first-order valence-electron chi connectivity index (χ1n) is 3.40. The fourth-order valence-electron chi connectivity index (χ4n) is 0.980. The van der Waals surface area contributed by atoms with Crippen molar-refractivity contribution in [3.63, 3.8) is 0 Å². The molecule has 0 saturated carbocycles. The molecule has 4 heteroatoms. The zero-order chi connectivity index (χ0) is 7.56. The summed E-state index contributed by atoms with van der Waals surface area (Å²) in [6.45, 7) is 3.58. The molecule has 0 radical (unpaired) electrons. The van der Waals surface area contributed by atoms with Crippen LogP contribution in [0.3, 0.4) is 0 Å². The van der Waals surface area contributed by atoms with E-state index in [1.54, 1.807) is 5.48 Å². The minimum Gasteiger partial charge on any atom is -0.316 e. The summed E-state index contributed by atoms with van der Waals surface area (Å²) in [7, 11) is 0. The Morgan fingerprint density at radius 2 is 2.40 bits per heavy atom. The van der Waals surface area contributed by atoms with Crippen molar-refractivity contribution in [2.45, 2.75) is 6.92 Å². The quantitative estimate of drug-likeness (QED) is 0.356. The van der Waals surface area contributed by atoms with Gasteiger partial charge in [0.15, 0.2) is 0 Å². The van der Waals surface area contributed by atoms with E-state index >= 15 is 0 Å². The third-order valence-electron chi connectivity index (χ3n) is 2.04. The van der Waals surface area contributed by atoms with Crippen molar-refractivity contribution in [3.8, 4) is 0 Å². The first-order chi connectivity index (χ1) is 4.75. The molecule has 0 bridgehead atoms. The molecule has 4 nitrogen and oxygen atoms in total. The van der Waals surface area contributed by atoms with E-state index in [1.807, 2.05) is 6.92 Å². The van der Waals surface area contributed by atoms with Crippen molar-refractivity contribution < 1.29 is 10.0 Å². The Bertz CT molecular complexity index is 134. The highest BCUT2D eigenvalue weighted by Gasteiger charge is 2.28. The molecule has 0 aromatic heterocycles. The Morgan fingerprint density at radius 3 is 2.70 bits per heavy atom. The molecule has 0 aromatic carbocycles. The van der Waals surface area contributed by atoms with Crippen molar-refractivity contribution in [1.29, 1.82) is 0 Å². The Kier molecular flexibility index (Phi) is 2.24. The molecule has 1 atom stereocenters. The first-order valence-corrected chi connectivity index (χ1v) is 3.40. The zero-order valence-electron chi connectivity index (χ0n) is 5.92. The minimum atomic E-state index is -0.286. The molecule has 10 heavy (non-hydrogen) atoms. The van der Waals surface area contributed by atoms with Gasteiger partial charge in [0.25, 0.3) is 0 Å². The van der Waals surface area contributed by atoms with Gasteiger partial charge >= 0.3 is 0 Å². The second kappa shape index (κ2) is 2.98. The van der Waals surface area contributed by atoms with Crippen LogP contribution >= 0.6 is 0 Å². The molecule has 0 aliphatic carbocycles. The summed E-state index contributed by atoms with van der Waals surface area (Å²) in [5.41, 5.74) is 1.65. The third kappa shape index (κ3) is 1.27. The molecule has 1 rings (SSSR count). The van der Waals surface area contributed by atoms with Crippen LogP contribution in [0.15, 0.2) is 0 Å². The molecule has 58 valence electrons. The monoisotopic (exact) mass is 144 g/mol. The Balaban J connectivity index is 2.31. The molecule has 1 heterocycles. The van der Waals surface area contributed by atoms with Crippen LogP contribution in [0.1, 0.15) is 6.92 Å². The maximum atomic E-state index is 10.8. The van der Waals surface area contributed by atoms with Gasteiger partial charge in [-0.05, 0) is 19.0 Å². The van der Waals surface area contributed by atoms with Crippen LogP contribution in [-0.4, -0.2) is 24.2 Å². The number of amides is 1. The van der Waals surface area contributed by atoms with Crippen LogP contribution in [0.2, 0.25) is 0 Å². The minimum absolute atomic E-state index is 0.0775. The van der Waals surface area contributed by atoms with Gasteiger partial charge < -0.3 is 5.32 Å². The fraction of sp³-hybridized carbons (Fsp3) is 0.833. The lowest BCUT2D eigenvalue weighted by atomic mass is 9.88. The van der Waals surface area contributed by atoms with E-state index in [0.717, 1.165) is 13.1 Å². The highest BCUT2D eigenvalue weighted by molar-refractivity contribution is 5.77. The van der Waals surface area contributed by atoms with Crippen LogP contribution < -0.4 is 10.8 Å². The number of rotatable bonds is 2. The second-order valence-corrected chi connectivity index (χ2v) is 2.68. The standard InChI is InChI=1S/C6H12N2O2/c1-4(6(9)8-10)5-2-7-3-5/h4-5,7,10H,2-3H2,1H3,(H,8,9). The van der Waals surface area contributed by atoms with Crippen molar-refractivity contribution in [2.75, 3.05) is 13.1 Å². The number of hydroxylamine groups is 1. The Labute approximate surface area is 59.6 Å². The smallest absolute Gasteiger partial charge is 0.246 e. The summed E-state index contributed by atoms with van der Waals surface area (Å²) in [4.78, 5) is 10.8.